The molecule has 1 spiro atoms. The van der Waals surface area contributed by atoms with Crippen molar-refractivity contribution in [2.75, 3.05) is 6.61 Å². The predicted octanol–water partition coefficient (Wildman–Crippen LogP) is 3.13. The lowest BCUT2D eigenvalue weighted by Gasteiger charge is -2.40. The molecule has 3 aliphatic carbocycles. The minimum absolute atomic E-state index is 0.0849. The van der Waals surface area contributed by atoms with E-state index < -0.39 is 6.10 Å². The smallest absolute Gasteiger partial charge is 0.134 e. The molecule has 0 radical (unpaired) electrons. The van der Waals surface area contributed by atoms with Crippen LogP contribution in [-0.4, -0.2) is 23.6 Å². The van der Waals surface area contributed by atoms with Gasteiger partial charge in [-0.1, -0.05) is 49.4 Å². The number of aliphatic hydroxyl groups excluding tert-OH is 1. The summed E-state index contributed by atoms with van der Waals surface area (Å²) in [5, 5.41) is 10.6. The zero-order chi connectivity index (χ0) is 16.1. The number of ether oxygens (including phenoxy) is 1. The van der Waals surface area contributed by atoms with Crippen molar-refractivity contribution in [2.24, 2.45) is 22.7 Å². The molecule has 5 atom stereocenters. The minimum atomic E-state index is -0.483. The van der Waals surface area contributed by atoms with Gasteiger partial charge in [-0.2, -0.15) is 0 Å². The molecule has 0 amide bonds. The summed E-state index contributed by atoms with van der Waals surface area (Å²) in [4.78, 5) is 12.1. The monoisotopic (exact) mass is 312 g/mol. The third-order valence-corrected chi connectivity index (χ3v) is 6.49. The van der Waals surface area contributed by atoms with Crippen molar-refractivity contribution in [1.29, 1.82) is 0 Å². The minimum Gasteiger partial charge on any atom is -0.388 e. The maximum atomic E-state index is 12.1. The highest BCUT2D eigenvalue weighted by atomic mass is 16.5. The van der Waals surface area contributed by atoms with Gasteiger partial charge in [0.1, 0.15) is 5.78 Å². The average molecular weight is 312 g/mol. The highest BCUT2D eigenvalue weighted by Gasteiger charge is 2.69. The fraction of sp³-hybridized carbons (Fsp3) is 0.550. The van der Waals surface area contributed by atoms with Gasteiger partial charge in [0.2, 0.25) is 0 Å². The largest absolute Gasteiger partial charge is 0.388 e. The van der Waals surface area contributed by atoms with E-state index in [4.69, 9.17) is 4.74 Å². The first-order chi connectivity index (χ1) is 11.1. The van der Waals surface area contributed by atoms with Crippen molar-refractivity contribution >= 4 is 5.78 Å². The van der Waals surface area contributed by atoms with Crippen molar-refractivity contribution in [1.82, 2.24) is 0 Å². The van der Waals surface area contributed by atoms with Gasteiger partial charge < -0.3 is 9.84 Å². The van der Waals surface area contributed by atoms with E-state index in [1.54, 1.807) is 0 Å². The summed E-state index contributed by atoms with van der Waals surface area (Å²) in [6.45, 7) is 3.51. The molecule has 122 valence electrons. The van der Waals surface area contributed by atoms with Crippen LogP contribution in [-0.2, 0) is 16.1 Å². The zero-order valence-corrected chi connectivity index (χ0v) is 13.6. The predicted molar refractivity (Wildman–Crippen MR) is 87.6 cm³/mol. The summed E-state index contributed by atoms with van der Waals surface area (Å²) >= 11 is 0. The number of Topliss-reactive ketones (excluding diaryl/α,β-unsaturated/α-hetero) is 1. The van der Waals surface area contributed by atoms with Crippen LogP contribution in [0.15, 0.2) is 42.5 Å². The first kappa shape index (κ1) is 15.1. The normalized spacial score (nSPS) is 41.3. The highest BCUT2D eigenvalue weighted by molar-refractivity contribution is 5.84. The Morgan fingerprint density at radius 1 is 1.22 bits per heavy atom. The molecule has 0 heterocycles. The molecule has 0 aliphatic heterocycles. The van der Waals surface area contributed by atoms with Crippen LogP contribution >= 0.6 is 0 Å². The molecular weight excluding hydrogens is 288 g/mol. The van der Waals surface area contributed by atoms with Gasteiger partial charge in [0.05, 0.1) is 19.3 Å². The van der Waals surface area contributed by atoms with E-state index in [2.05, 4.69) is 25.1 Å². The van der Waals surface area contributed by atoms with E-state index in [9.17, 15) is 9.90 Å². The number of rotatable bonds is 4. The lowest BCUT2D eigenvalue weighted by atomic mass is 9.64. The standard InChI is InChI=1S/C20H24O3/c1-19-9-15(13-23-12-14-5-3-2-4-6-14)17-7-8-18(22)20(17,19)11-16(21)10-19/h2-8,15,17-18,22H,9-13H2,1H3/t15?,17-,18+,19+,20+/m0/s1. The Morgan fingerprint density at radius 2 is 2.00 bits per heavy atom. The van der Waals surface area contributed by atoms with Gasteiger partial charge in [-0.3, -0.25) is 4.79 Å². The van der Waals surface area contributed by atoms with Crippen LogP contribution in [0.5, 0.6) is 0 Å². The SMILES string of the molecule is C[C@@]12CC(=O)C[C@@]13[C@H](O)C=C[C@H]3C(COCc1ccccc1)C2. The first-order valence-corrected chi connectivity index (χ1v) is 8.55. The number of allylic oxidation sites excluding steroid dienone is 1. The summed E-state index contributed by atoms with van der Waals surface area (Å²) in [6.07, 6.45) is 5.67. The van der Waals surface area contributed by atoms with Crippen molar-refractivity contribution in [3.05, 3.63) is 48.0 Å². The number of hydrogen-bond donors (Lipinski definition) is 1. The van der Waals surface area contributed by atoms with E-state index in [0.717, 1.165) is 6.42 Å². The summed E-state index contributed by atoms with van der Waals surface area (Å²) in [6, 6.07) is 10.2. The molecule has 0 saturated heterocycles. The Balaban J connectivity index is 1.48. The van der Waals surface area contributed by atoms with Gasteiger partial charge in [-0.15, -0.1) is 0 Å². The van der Waals surface area contributed by atoms with Crippen molar-refractivity contribution < 1.29 is 14.6 Å². The van der Waals surface area contributed by atoms with Crippen LogP contribution in [0.2, 0.25) is 0 Å². The lowest BCUT2D eigenvalue weighted by molar-refractivity contribution is -0.119. The number of ketones is 1. The summed E-state index contributed by atoms with van der Waals surface area (Å²) in [5.74, 6) is 0.971. The van der Waals surface area contributed by atoms with Crippen LogP contribution in [0, 0.1) is 22.7 Å². The molecule has 23 heavy (non-hydrogen) atoms. The van der Waals surface area contributed by atoms with Gasteiger partial charge in [0.15, 0.2) is 0 Å². The number of carbonyl (C=O) groups is 1. The third-order valence-electron chi connectivity index (χ3n) is 6.49. The van der Waals surface area contributed by atoms with E-state index in [-0.39, 0.29) is 16.7 Å². The summed E-state index contributed by atoms with van der Waals surface area (Å²) < 4.78 is 5.98. The maximum Gasteiger partial charge on any atom is 0.134 e. The molecule has 1 aromatic carbocycles. The quantitative estimate of drug-likeness (QED) is 0.869. The zero-order valence-electron chi connectivity index (χ0n) is 13.6. The number of hydrogen-bond acceptors (Lipinski definition) is 3. The molecule has 0 aromatic heterocycles. The first-order valence-electron chi connectivity index (χ1n) is 8.55. The van der Waals surface area contributed by atoms with Crippen LogP contribution in [0.3, 0.4) is 0 Å². The van der Waals surface area contributed by atoms with Crippen LogP contribution < -0.4 is 0 Å². The molecule has 1 N–H and O–H groups in total. The van der Waals surface area contributed by atoms with Crippen molar-refractivity contribution in [3.63, 3.8) is 0 Å². The second-order valence-corrected chi connectivity index (χ2v) is 7.81. The molecule has 1 unspecified atom stereocenters. The fourth-order valence-corrected chi connectivity index (χ4v) is 5.56. The fourth-order valence-electron chi connectivity index (χ4n) is 5.56. The topological polar surface area (TPSA) is 46.5 Å². The van der Waals surface area contributed by atoms with Crippen molar-refractivity contribution in [2.45, 2.75) is 38.9 Å². The molecule has 3 aliphatic rings. The van der Waals surface area contributed by atoms with Crippen LogP contribution in [0.4, 0.5) is 0 Å². The van der Waals surface area contributed by atoms with E-state index in [0.29, 0.717) is 37.8 Å². The Kier molecular flexibility index (Phi) is 3.47. The lowest BCUT2D eigenvalue weighted by Crippen LogP contribution is -2.41. The van der Waals surface area contributed by atoms with Gasteiger partial charge >= 0.3 is 0 Å². The molecule has 2 saturated carbocycles. The molecule has 0 bridgehead atoms. The third kappa shape index (κ3) is 2.14. The second kappa shape index (κ2) is 5.29. The van der Waals surface area contributed by atoms with Gasteiger partial charge in [-0.05, 0) is 29.2 Å². The summed E-state index contributed by atoms with van der Waals surface area (Å²) in [5.41, 5.74) is 0.826. The van der Waals surface area contributed by atoms with Gasteiger partial charge in [0, 0.05) is 18.3 Å². The second-order valence-electron chi connectivity index (χ2n) is 7.81. The van der Waals surface area contributed by atoms with E-state index in [1.807, 2.05) is 24.3 Å². The van der Waals surface area contributed by atoms with Crippen molar-refractivity contribution in [3.8, 4) is 0 Å². The average Bonchev–Trinajstić information content (AvgIpc) is 3.05. The van der Waals surface area contributed by atoms with E-state index >= 15 is 0 Å². The molecule has 3 nitrogen and oxygen atoms in total. The Labute approximate surface area is 137 Å². The van der Waals surface area contributed by atoms with Gasteiger partial charge in [0.25, 0.3) is 0 Å². The number of aliphatic hydroxyl groups is 1. The maximum absolute atomic E-state index is 12.1. The Morgan fingerprint density at radius 3 is 2.78 bits per heavy atom. The summed E-state index contributed by atoms with van der Waals surface area (Å²) in [7, 11) is 0. The van der Waals surface area contributed by atoms with Crippen LogP contribution in [0.25, 0.3) is 0 Å². The highest BCUT2D eigenvalue weighted by Crippen LogP contribution is 2.70. The Hall–Kier alpha value is -1.45. The molecule has 4 rings (SSSR count). The molecular formula is C20H24O3. The number of benzene rings is 1. The van der Waals surface area contributed by atoms with Gasteiger partial charge in [-0.25, -0.2) is 0 Å². The molecule has 2 fully saturated rings. The molecule has 3 heteroatoms. The van der Waals surface area contributed by atoms with Crippen LogP contribution in [0.1, 0.15) is 31.7 Å². The Bertz CT molecular complexity index is 638. The number of carbonyl (C=O) groups excluding carboxylic acids is 1. The molecule has 1 aromatic rings. The van der Waals surface area contributed by atoms with E-state index in [1.165, 1.54) is 5.56 Å².